The molecule has 76 valence electrons. The third-order valence-electron chi connectivity index (χ3n) is 1.82. The number of carbonyl (C=O) groups is 1. The van der Waals surface area contributed by atoms with E-state index in [-0.39, 0.29) is 11.6 Å². The minimum Gasteiger partial charge on any atom is -0.324 e. The zero-order valence-electron chi connectivity index (χ0n) is 8.03. The summed E-state index contributed by atoms with van der Waals surface area (Å²) < 4.78 is 14.1. The lowest BCUT2D eigenvalue weighted by molar-refractivity contribution is -0.114. The van der Waals surface area contributed by atoms with Crippen molar-refractivity contribution in [3.63, 3.8) is 0 Å². The van der Waals surface area contributed by atoms with Gasteiger partial charge in [0.1, 0.15) is 5.82 Å². The third-order valence-corrected chi connectivity index (χ3v) is 2.28. The fourth-order valence-corrected chi connectivity index (χ4v) is 1.70. The Morgan fingerprint density at radius 2 is 2.21 bits per heavy atom. The molecule has 0 radical (unpaired) electrons. The number of carbonyl (C=O) groups excluding carboxylic acids is 1. The van der Waals surface area contributed by atoms with Crippen LogP contribution in [0.4, 0.5) is 10.1 Å². The Morgan fingerprint density at radius 3 is 2.71 bits per heavy atom. The average molecular weight is 260 g/mol. The molecule has 0 bridgehead atoms. The van der Waals surface area contributed by atoms with Crippen LogP contribution in [0.15, 0.2) is 16.6 Å². The monoisotopic (exact) mass is 259 g/mol. The fraction of sp³-hybridized carbons (Fsp3) is 0.300. The van der Waals surface area contributed by atoms with Crippen LogP contribution in [0.3, 0.4) is 0 Å². The SMILES string of the molecule is CCc1cc(Br)cc(F)c1NC(C)=O. The van der Waals surface area contributed by atoms with E-state index in [1.54, 1.807) is 6.07 Å². The molecule has 0 heterocycles. The number of hydrogen-bond acceptors (Lipinski definition) is 1. The van der Waals surface area contributed by atoms with Crippen molar-refractivity contribution in [1.82, 2.24) is 0 Å². The predicted molar refractivity (Wildman–Crippen MR) is 57.8 cm³/mol. The number of aryl methyl sites for hydroxylation is 1. The van der Waals surface area contributed by atoms with Crippen LogP contribution in [-0.4, -0.2) is 5.91 Å². The zero-order chi connectivity index (χ0) is 10.7. The summed E-state index contributed by atoms with van der Waals surface area (Å²) >= 11 is 3.20. The van der Waals surface area contributed by atoms with Crippen LogP contribution in [0.1, 0.15) is 19.4 Å². The van der Waals surface area contributed by atoms with Crippen molar-refractivity contribution in [1.29, 1.82) is 0 Å². The molecule has 1 amide bonds. The fourth-order valence-electron chi connectivity index (χ4n) is 1.22. The van der Waals surface area contributed by atoms with Crippen molar-refractivity contribution in [3.8, 4) is 0 Å². The lowest BCUT2D eigenvalue weighted by Gasteiger charge is -2.09. The highest BCUT2D eigenvalue weighted by Gasteiger charge is 2.09. The molecule has 0 atom stereocenters. The van der Waals surface area contributed by atoms with Gasteiger partial charge in [0.2, 0.25) is 5.91 Å². The molecular formula is C10H11BrFNO. The summed E-state index contributed by atoms with van der Waals surface area (Å²) in [6.45, 7) is 3.27. The number of hydrogen-bond donors (Lipinski definition) is 1. The van der Waals surface area contributed by atoms with E-state index in [1.807, 2.05) is 6.92 Å². The first-order chi connectivity index (χ1) is 6.54. The lowest BCUT2D eigenvalue weighted by Crippen LogP contribution is -2.09. The van der Waals surface area contributed by atoms with Crippen LogP contribution < -0.4 is 5.32 Å². The summed E-state index contributed by atoms with van der Waals surface area (Å²) in [4.78, 5) is 10.8. The Hall–Kier alpha value is -0.900. The van der Waals surface area contributed by atoms with Crippen LogP contribution in [0, 0.1) is 5.82 Å². The van der Waals surface area contributed by atoms with E-state index in [4.69, 9.17) is 0 Å². The van der Waals surface area contributed by atoms with E-state index in [1.165, 1.54) is 13.0 Å². The Bertz CT molecular complexity index is 365. The van der Waals surface area contributed by atoms with Crippen LogP contribution >= 0.6 is 15.9 Å². The average Bonchev–Trinajstić information content (AvgIpc) is 2.08. The first kappa shape index (κ1) is 11.2. The predicted octanol–water partition coefficient (Wildman–Crippen LogP) is 3.11. The first-order valence-corrected chi connectivity index (χ1v) is 5.09. The topological polar surface area (TPSA) is 29.1 Å². The number of anilines is 1. The minimum absolute atomic E-state index is 0.263. The molecule has 0 fully saturated rings. The van der Waals surface area contributed by atoms with Crippen molar-refractivity contribution in [3.05, 3.63) is 28.0 Å². The molecule has 1 rings (SSSR count). The summed E-state index contributed by atoms with van der Waals surface area (Å²) in [6, 6.07) is 3.14. The van der Waals surface area contributed by atoms with Gasteiger partial charge in [0.15, 0.2) is 0 Å². The first-order valence-electron chi connectivity index (χ1n) is 4.30. The van der Waals surface area contributed by atoms with Gasteiger partial charge in [-0.25, -0.2) is 4.39 Å². The summed E-state index contributed by atoms with van der Waals surface area (Å²) in [5.41, 5.74) is 1.07. The molecule has 4 heteroatoms. The standard InChI is InChI=1S/C10H11BrFNO/c1-3-7-4-8(11)5-9(12)10(7)13-6(2)14/h4-5H,3H2,1-2H3,(H,13,14). The molecule has 1 aromatic carbocycles. The number of halogens is 2. The quantitative estimate of drug-likeness (QED) is 0.869. The van der Waals surface area contributed by atoms with Crippen molar-refractivity contribution in [2.45, 2.75) is 20.3 Å². The molecule has 0 saturated carbocycles. The summed E-state index contributed by atoms with van der Waals surface area (Å²) in [5.74, 6) is -0.674. The molecule has 0 aliphatic rings. The number of rotatable bonds is 2. The van der Waals surface area contributed by atoms with E-state index in [0.29, 0.717) is 10.9 Å². The zero-order valence-corrected chi connectivity index (χ0v) is 9.61. The molecular weight excluding hydrogens is 249 g/mol. The Morgan fingerprint density at radius 1 is 1.57 bits per heavy atom. The van der Waals surface area contributed by atoms with Crippen molar-refractivity contribution in [2.24, 2.45) is 0 Å². The number of nitrogens with one attached hydrogen (secondary N) is 1. The molecule has 0 aliphatic carbocycles. The smallest absolute Gasteiger partial charge is 0.221 e. The van der Waals surface area contributed by atoms with Gasteiger partial charge in [-0.15, -0.1) is 0 Å². The van der Waals surface area contributed by atoms with Gasteiger partial charge in [0.25, 0.3) is 0 Å². The van der Waals surface area contributed by atoms with Crippen molar-refractivity contribution in [2.75, 3.05) is 5.32 Å². The molecule has 1 N–H and O–H groups in total. The molecule has 1 aromatic rings. The Labute approximate surface area is 90.6 Å². The maximum atomic E-state index is 13.4. The van der Waals surface area contributed by atoms with Gasteiger partial charge >= 0.3 is 0 Å². The highest BCUT2D eigenvalue weighted by molar-refractivity contribution is 9.10. The van der Waals surface area contributed by atoms with E-state index < -0.39 is 5.82 Å². The molecule has 0 saturated heterocycles. The molecule has 0 aliphatic heterocycles. The van der Waals surface area contributed by atoms with Gasteiger partial charge in [-0.1, -0.05) is 22.9 Å². The van der Waals surface area contributed by atoms with Crippen molar-refractivity contribution >= 4 is 27.5 Å². The highest BCUT2D eigenvalue weighted by Crippen LogP contribution is 2.25. The molecule has 14 heavy (non-hydrogen) atoms. The van der Waals surface area contributed by atoms with Gasteiger partial charge in [0.05, 0.1) is 5.69 Å². The van der Waals surface area contributed by atoms with Crippen LogP contribution in [-0.2, 0) is 11.2 Å². The van der Waals surface area contributed by atoms with Gasteiger partial charge in [-0.3, -0.25) is 4.79 Å². The lowest BCUT2D eigenvalue weighted by atomic mass is 10.1. The summed E-state index contributed by atoms with van der Waals surface area (Å²) in [7, 11) is 0. The molecule has 0 aromatic heterocycles. The van der Waals surface area contributed by atoms with Gasteiger partial charge < -0.3 is 5.32 Å². The maximum absolute atomic E-state index is 13.4. The van der Waals surface area contributed by atoms with Gasteiger partial charge in [-0.05, 0) is 24.1 Å². The second kappa shape index (κ2) is 4.55. The second-order valence-electron chi connectivity index (χ2n) is 2.96. The minimum atomic E-state index is -0.411. The van der Waals surface area contributed by atoms with E-state index in [0.717, 1.165) is 5.56 Å². The van der Waals surface area contributed by atoms with Crippen molar-refractivity contribution < 1.29 is 9.18 Å². The van der Waals surface area contributed by atoms with Gasteiger partial charge in [0, 0.05) is 11.4 Å². The number of benzene rings is 1. The highest BCUT2D eigenvalue weighted by atomic mass is 79.9. The van der Waals surface area contributed by atoms with E-state index >= 15 is 0 Å². The molecule has 2 nitrogen and oxygen atoms in total. The largest absolute Gasteiger partial charge is 0.324 e. The molecule has 0 spiro atoms. The number of amides is 1. The van der Waals surface area contributed by atoms with E-state index in [9.17, 15) is 9.18 Å². The maximum Gasteiger partial charge on any atom is 0.221 e. The molecule has 0 unspecified atom stereocenters. The van der Waals surface area contributed by atoms with Gasteiger partial charge in [-0.2, -0.15) is 0 Å². The van der Waals surface area contributed by atoms with E-state index in [2.05, 4.69) is 21.2 Å². The normalized spacial score (nSPS) is 10.0. The Kier molecular flexibility index (Phi) is 3.63. The summed E-state index contributed by atoms with van der Waals surface area (Å²) in [6.07, 6.45) is 0.673. The van der Waals surface area contributed by atoms with Crippen LogP contribution in [0.5, 0.6) is 0 Å². The van der Waals surface area contributed by atoms with Crippen LogP contribution in [0.2, 0.25) is 0 Å². The Balaban J connectivity index is 3.18. The van der Waals surface area contributed by atoms with Crippen LogP contribution in [0.25, 0.3) is 0 Å². The summed E-state index contributed by atoms with van der Waals surface area (Å²) in [5, 5.41) is 2.49. The second-order valence-corrected chi connectivity index (χ2v) is 3.87. The third kappa shape index (κ3) is 2.54.